The van der Waals surface area contributed by atoms with Crippen LogP contribution in [0.2, 0.25) is 0 Å². The number of ether oxygens (including phenoxy) is 2. The van der Waals surface area contributed by atoms with Crippen molar-refractivity contribution in [2.75, 3.05) is 26.9 Å². The zero-order chi connectivity index (χ0) is 14.6. The third-order valence-corrected chi connectivity index (χ3v) is 4.97. The van der Waals surface area contributed by atoms with Crippen LogP contribution in [0.3, 0.4) is 0 Å². The van der Waals surface area contributed by atoms with Crippen LogP contribution in [0.4, 0.5) is 0 Å². The highest BCUT2D eigenvalue weighted by Crippen LogP contribution is 2.22. The molecule has 1 heterocycles. The van der Waals surface area contributed by atoms with Gasteiger partial charge in [0.05, 0.1) is 11.5 Å². The molecule has 0 amide bonds. The summed E-state index contributed by atoms with van der Waals surface area (Å²) >= 11 is 0. The lowest BCUT2D eigenvalue weighted by Crippen LogP contribution is -2.44. The van der Waals surface area contributed by atoms with Gasteiger partial charge in [-0.15, -0.1) is 0 Å². The van der Waals surface area contributed by atoms with Gasteiger partial charge in [0.15, 0.2) is 0 Å². The van der Waals surface area contributed by atoms with E-state index in [2.05, 4.69) is 4.72 Å². The molecule has 6 nitrogen and oxygen atoms in total. The predicted molar refractivity (Wildman–Crippen MR) is 74.7 cm³/mol. The average Bonchev–Trinajstić information content (AvgIpc) is 2.95. The number of rotatable bonds is 6. The minimum atomic E-state index is -3.55. The topological polar surface area (TPSA) is 90.7 Å². The Morgan fingerprint density at radius 1 is 1.40 bits per heavy atom. The van der Waals surface area contributed by atoms with Crippen LogP contribution in [0.1, 0.15) is 12.0 Å². The standard InChI is InChI=1S/C13H20N2O4S/c1-18-13(6-7-19-10-13)9-15-20(16,17)12-4-2-11(8-14)3-5-12/h2-5,15H,6-10,14H2,1H3. The molecule has 1 aromatic carbocycles. The Hall–Kier alpha value is -0.990. The Labute approximate surface area is 119 Å². The van der Waals surface area contributed by atoms with Gasteiger partial charge < -0.3 is 15.2 Å². The van der Waals surface area contributed by atoms with Crippen molar-refractivity contribution in [3.05, 3.63) is 29.8 Å². The van der Waals surface area contributed by atoms with Gasteiger partial charge in [0.2, 0.25) is 10.0 Å². The maximum atomic E-state index is 12.2. The van der Waals surface area contributed by atoms with E-state index in [1.807, 2.05) is 0 Å². The van der Waals surface area contributed by atoms with Crippen molar-refractivity contribution in [2.24, 2.45) is 5.73 Å². The Morgan fingerprint density at radius 2 is 2.10 bits per heavy atom. The van der Waals surface area contributed by atoms with E-state index >= 15 is 0 Å². The fourth-order valence-corrected chi connectivity index (χ4v) is 3.19. The van der Waals surface area contributed by atoms with E-state index in [1.165, 1.54) is 0 Å². The summed E-state index contributed by atoms with van der Waals surface area (Å²) in [6.07, 6.45) is 0.679. The highest BCUT2D eigenvalue weighted by Gasteiger charge is 2.36. The fourth-order valence-electron chi connectivity index (χ4n) is 2.08. The van der Waals surface area contributed by atoms with Crippen molar-refractivity contribution in [2.45, 2.75) is 23.5 Å². The van der Waals surface area contributed by atoms with Gasteiger partial charge in [-0.1, -0.05) is 12.1 Å². The Kier molecular flexibility index (Phi) is 4.77. The second kappa shape index (κ2) is 6.19. The summed E-state index contributed by atoms with van der Waals surface area (Å²) in [5.41, 5.74) is 5.82. The summed E-state index contributed by atoms with van der Waals surface area (Å²) < 4.78 is 37.7. The van der Waals surface area contributed by atoms with Gasteiger partial charge in [-0.05, 0) is 17.7 Å². The molecule has 1 saturated heterocycles. The molecular weight excluding hydrogens is 280 g/mol. The first-order valence-electron chi connectivity index (χ1n) is 6.43. The second-order valence-electron chi connectivity index (χ2n) is 4.86. The van der Waals surface area contributed by atoms with Crippen LogP contribution in [-0.4, -0.2) is 40.9 Å². The van der Waals surface area contributed by atoms with Crippen LogP contribution in [0.15, 0.2) is 29.2 Å². The number of benzene rings is 1. The van der Waals surface area contributed by atoms with Gasteiger partial charge in [-0.25, -0.2) is 13.1 Å². The van der Waals surface area contributed by atoms with Gasteiger partial charge in [-0.2, -0.15) is 0 Å². The average molecular weight is 300 g/mol. The molecule has 112 valence electrons. The van der Waals surface area contributed by atoms with Crippen LogP contribution in [-0.2, 0) is 26.0 Å². The smallest absolute Gasteiger partial charge is 0.240 e. The number of hydrogen-bond acceptors (Lipinski definition) is 5. The lowest BCUT2D eigenvalue weighted by Gasteiger charge is -2.25. The molecule has 20 heavy (non-hydrogen) atoms. The Morgan fingerprint density at radius 3 is 2.60 bits per heavy atom. The maximum absolute atomic E-state index is 12.2. The lowest BCUT2D eigenvalue weighted by atomic mass is 10.0. The maximum Gasteiger partial charge on any atom is 0.240 e. The highest BCUT2D eigenvalue weighted by atomic mass is 32.2. The van der Waals surface area contributed by atoms with E-state index in [0.29, 0.717) is 26.2 Å². The molecule has 0 bridgehead atoms. The van der Waals surface area contributed by atoms with Crippen LogP contribution in [0.25, 0.3) is 0 Å². The molecule has 7 heteroatoms. The van der Waals surface area contributed by atoms with Crippen molar-refractivity contribution in [1.29, 1.82) is 0 Å². The normalized spacial score (nSPS) is 23.1. The molecule has 0 radical (unpaired) electrons. The first-order valence-corrected chi connectivity index (χ1v) is 7.91. The summed E-state index contributed by atoms with van der Waals surface area (Å²) in [7, 11) is -1.98. The van der Waals surface area contributed by atoms with Crippen molar-refractivity contribution in [1.82, 2.24) is 4.72 Å². The van der Waals surface area contributed by atoms with E-state index in [1.54, 1.807) is 31.4 Å². The predicted octanol–water partition coefficient (Wildman–Crippen LogP) is 0.229. The molecule has 3 N–H and O–H groups in total. The number of sulfonamides is 1. The van der Waals surface area contributed by atoms with Crippen LogP contribution in [0.5, 0.6) is 0 Å². The monoisotopic (exact) mass is 300 g/mol. The highest BCUT2D eigenvalue weighted by molar-refractivity contribution is 7.89. The van der Waals surface area contributed by atoms with Crippen molar-refractivity contribution >= 4 is 10.0 Å². The lowest BCUT2D eigenvalue weighted by molar-refractivity contribution is -0.0120. The zero-order valence-electron chi connectivity index (χ0n) is 11.5. The molecule has 0 spiro atoms. The minimum Gasteiger partial charge on any atom is -0.378 e. The molecular formula is C13H20N2O4S. The molecule has 0 aromatic heterocycles. The Balaban J connectivity index is 2.06. The largest absolute Gasteiger partial charge is 0.378 e. The van der Waals surface area contributed by atoms with Crippen molar-refractivity contribution < 1.29 is 17.9 Å². The molecule has 1 aromatic rings. The van der Waals surface area contributed by atoms with Crippen LogP contribution < -0.4 is 10.5 Å². The molecule has 1 aliphatic rings. The van der Waals surface area contributed by atoms with Gasteiger partial charge >= 0.3 is 0 Å². The molecule has 1 unspecified atom stereocenters. The zero-order valence-corrected chi connectivity index (χ0v) is 12.3. The van der Waals surface area contributed by atoms with E-state index < -0.39 is 15.6 Å². The minimum absolute atomic E-state index is 0.199. The van der Waals surface area contributed by atoms with E-state index in [9.17, 15) is 8.42 Å². The Bertz CT molecular complexity index is 536. The number of nitrogens with two attached hydrogens (primary N) is 1. The summed E-state index contributed by atoms with van der Waals surface area (Å²) in [5, 5.41) is 0. The van der Waals surface area contributed by atoms with Crippen LogP contribution >= 0.6 is 0 Å². The summed E-state index contributed by atoms with van der Waals surface area (Å²) in [6, 6.07) is 6.52. The van der Waals surface area contributed by atoms with Gasteiger partial charge in [-0.3, -0.25) is 0 Å². The molecule has 2 rings (SSSR count). The molecule has 1 atom stereocenters. The third-order valence-electron chi connectivity index (χ3n) is 3.55. The van der Waals surface area contributed by atoms with Crippen molar-refractivity contribution in [3.8, 4) is 0 Å². The van der Waals surface area contributed by atoms with E-state index in [4.69, 9.17) is 15.2 Å². The third kappa shape index (κ3) is 3.36. The molecule has 0 aliphatic carbocycles. The number of hydrogen-bond donors (Lipinski definition) is 2. The summed E-state index contributed by atoms with van der Waals surface area (Å²) in [5.74, 6) is 0. The SMILES string of the molecule is COC1(CNS(=O)(=O)c2ccc(CN)cc2)CCOC1. The van der Waals surface area contributed by atoms with E-state index in [0.717, 1.165) is 5.56 Å². The summed E-state index contributed by atoms with van der Waals surface area (Å²) in [6.45, 7) is 1.57. The van der Waals surface area contributed by atoms with Crippen LogP contribution in [0, 0.1) is 0 Å². The van der Waals surface area contributed by atoms with Gasteiger partial charge in [0.25, 0.3) is 0 Å². The fraction of sp³-hybridized carbons (Fsp3) is 0.538. The van der Waals surface area contributed by atoms with E-state index in [-0.39, 0.29) is 11.4 Å². The number of methoxy groups -OCH3 is 1. The summed E-state index contributed by atoms with van der Waals surface area (Å²) in [4.78, 5) is 0.222. The quantitative estimate of drug-likeness (QED) is 0.785. The van der Waals surface area contributed by atoms with Crippen molar-refractivity contribution in [3.63, 3.8) is 0 Å². The molecule has 0 saturated carbocycles. The second-order valence-corrected chi connectivity index (χ2v) is 6.63. The number of nitrogens with one attached hydrogen (secondary N) is 1. The molecule has 1 aliphatic heterocycles. The van der Waals surface area contributed by atoms with Gasteiger partial charge in [0.1, 0.15) is 5.60 Å². The van der Waals surface area contributed by atoms with Gasteiger partial charge in [0, 0.05) is 33.2 Å². The first-order chi connectivity index (χ1) is 9.51. The first kappa shape index (κ1) is 15.4. The molecule has 1 fully saturated rings.